The summed E-state index contributed by atoms with van der Waals surface area (Å²) >= 11 is 10.5. The predicted molar refractivity (Wildman–Crippen MR) is 64.7 cm³/mol. The van der Waals surface area contributed by atoms with Crippen molar-refractivity contribution in [2.24, 2.45) is 0 Å². The molecule has 0 atom stereocenters. The number of carbonyl (C=O) groups is 1. The van der Waals surface area contributed by atoms with Gasteiger partial charge in [0.05, 0.1) is 9.90 Å². The first-order valence-electron chi connectivity index (χ1n) is 4.08. The molecule has 76 valence electrons. The zero-order chi connectivity index (χ0) is 10.8. The van der Waals surface area contributed by atoms with E-state index in [-0.39, 0.29) is 5.78 Å². The van der Waals surface area contributed by atoms with Gasteiger partial charge in [0.25, 0.3) is 0 Å². The summed E-state index contributed by atoms with van der Waals surface area (Å²) in [5.74, 6) is -0.150. The van der Waals surface area contributed by atoms with Crippen LogP contribution in [-0.2, 0) is 0 Å². The zero-order valence-corrected chi connectivity index (χ0v) is 10.6. The van der Waals surface area contributed by atoms with Crippen LogP contribution in [0.3, 0.4) is 0 Å². The highest BCUT2D eigenvalue weighted by Crippen LogP contribution is 2.26. The Morgan fingerprint density at radius 3 is 2.87 bits per heavy atom. The Bertz CT molecular complexity index is 512. The number of nitrogens with zero attached hydrogens (tertiary/aromatic N) is 1. The van der Waals surface area contributed by atoms with E-state index in [0.29, 0.717) is 20.1 Å². The lowest BCUT2D eigenvalue weighted by Crippen LogP contribution is -2.03. The molecule has 0 aliphatic heterocycles. The van der Waals surface area contributed by atoms with E-state index < -0.39 is 0 Å². The van der Waals surface area contributed by atoms with Crippen LogP contribution in [0.25, 0.3) is 0 Å². The van der Waals surface area contributed by atoms with Crippen molar-refractivity contribution < 1.29 is 4.79 Å². The third kappa shape index (κ3) is 2.12. The molecule has 5 heteroatoms. The Balaban J connectivity index is 2.46. The predicted octanol–water partition coefficient (Wildman–Crippen LogP) is 3.79. The van der Waals surface area contributed by atoms with Crippen molar-refractivity contribution >= 4 is 44.7 Å². The molecular formula is C10H5BrClNOS. The van der Waals surface area contributed by atoms with Crippen molar-refractivity contribution in [2.45, 2.75) is 0 Å². The van der Waals surface area contributed by atoms with Gasteiger partial charge in [0.1, 0.15) is 5.69 Å². The standard InChI is InChI=1S/C10H5BrClNOS/c11-6-2-1-4-13-8(6)9(14)10-7(12)3-5-15-10/h1-5H. The van der Waals surface area contributed by atoms with Crippen LogP contribution in [0, 0.1) is 0 Å². The molecule has 0 amide bonds. The minimum Gasteiger partial charge on any atom is -0.286 e. The molecule has 0 unspecified atom stereocenters. The van der Waals surface area contributed by atoms with Crippen LogP contribution in [-0.4, -0.2) is 10.8 Å². The monoisotopic (exact) mass is 301 g/mol. The van der Waals surface area contributed by atoms with E-state index in [1.807, 2.05) is 0 Å². The number of hydrogen-bond acceptors (Lipinski definition) is 3. The fourth-order valence-electron chi connectivity index (χ4n) is 1.12. The molecule has 0 fully saturated rings. The maximum Gasteiger partial charge on any atom is 0.223 e. The fraction of sp³-hybridized carbons (Fsp3) is 0. The first-order chi connectivity index (χ1) is 7.20. The van der Waals surface area contributed by atoms with Gasteiger partial charge in [-0.2, -0.15) is 0 Å². The van der Waals surface area contributed by atoms with Gasteiger partial charge in [-0.3, -0.25) is 9.78 Å². The lowest BCUT2D eigenvalue weighted by molar-refractivity contribution is 0.103. The Hall–Kier alpha value is -0.710. The number of halogens is 2. The van der Waals surface area contributed by atoms with Crippen LogP contribution >= 0.6 is 38.9 Å². The normalized spacial score (nSPS) is 10.3. The molecule has 0 aromatic carbocycles. The largest absolute Gasteiger partial charge is 0.286 e. The molecule has 0 bridgehead atoms. The fourth-order valence-corrected chi connectivity index (χ4v) is 2.63. The Morgan fingerprint density at radius 1 is 1.47 bits per heavy atom. The molecule has 2 nitrogen and oxygen atoms in total. The molecule has 2 aromatic heterocycles. The van der Waals surface area contributed by atoms with Gasteiger partial charge in [0.2, 0.25) is 5.78 Å². The highest BCUT2D eigenvalue weighted by Gasteiger charge is 2.17. The zero-order valence-electron chi connectivity index (χ0n) is 7.41. The van der Waals surface area contributed by atoms with Gasteiger partial charge in [-0.1, -0.05) is 11.6 Å². The van der Waals surface area contributed by atoms with Gasteiger partial charge in [-0.15, -0.1) is 11.3 Å². The summed E-state index contributed by atoms with van der Waals surface area (Å²) in [5.41, 5.74) is 0.391. The molecule has 15 heavy (non-hydrogen) atoms. The van der Waals surface area contributed by atoms with Crippen molar-refractivity contribution in [3.8, 4) is 0 Å². The average molecular weight is 303 g/mol. The Kier molecular flexibility index (Phi) is 3.19. The maximum atomic E-state index is 12.0. The molecule has 0 spiro atoms. The molecule has 2 heterocycles. The first kappa shape index (κ1) is 10.8. The number of thiophene rings is 1. The van der Waals surface area contributed by atoms with Crippen molar-refractivity contribution in [1.29, 1.82) is 0 Å². The number of carbonyl (C=O) groups excluding carboxylic acids is 1. The molecule has 2 aromatic rings. The second-order valence-corrected chi connectivity index (χ2v) is 4.94. The van der Waals surface area contributed by atoms with Gasteiger partial charge in [-0.05, 0) is 39.5 Å². The van der Waals surface area contributed by atoms with E-state index in [2.05, 4.69) is 20.9 Å². The summed E-state index contributed by atoms with van der Waals surface area (Å²) in [6.07, 6.45) is 1.58. The molecule has 0 aliphatic carbocycles. The van der Waals surface area contributed by atoms with Crippen molar-refractivity contribution in [2.75, 3.05) is 0 Å². The lowest BCUT2D eigenvalue weighted by Gasteiger charge is -2.00. The highest BCUT2D eigenvalue weighted by molar-refractivity contribution is 9.10. The Morgan fingerprint density at radius 2 is 2.27 bits per heavy atom. The first-order valence-corrected chi connectivity index (χ1v) is 6.13. The van der Waals surface area contributed by atoms with Crippen LogP contribution in [0.5, 0.6) is 0 Å². The second-order valence-electron chi connectivity index (χ2n) is 2.76. The quantitative estimate of drug-likeness (QED) is 0.790. The van der Waals surface area contributed by atoms with Crippen molar-refractivity contribution in [3.05, 3.63) is 49.8 Å². The topological polar surface area (TPSA) is 30.0 Å². The molecule has 0 N–H and O–H groups in total. The maximum absolute atomic E-state index is 12.0. The van der Waals surface area contributed by atoms with E-state index in [1.165, 1.54) is 11.3 Å². The molecule has 0 saturated carbocycles. The summed E-state index contributed by atoms with van der Waals surface area (Å²) in [7, 11) is 0. The van der Waals surface area contributed by atoms with Crippen LogP contribution < -0.4 is 0 Å². The SMILES string of the molecule is O=C(c1ncccc1Br)c1sccc1Cl. The van der Waals surface area contributed by atoms with E-state index in [1.54, 1.807) is 29.8 Å². The summed E-state index contributed by atoms with van der Waals surface area (Å²) < 4.78 is 0.680. The van der Waals surface area contributed by atoms with E-state index >= 15 is 0 Å². The van der Waals surface area contributed by atoms with Gasteiger partial charge in [-0.25, -0.2) is 0 Å². The molecule has 0 radical (unpaired) electrons. The van der Waals surface area contributed by atoms with Gasteiger partial charge in [0.15, 0.2) is 0 Å². The molecule has 0 aliphatic rings. The molecule has 2 rings (SSSR count). The van der Waals surface area contributed by atoms with Gasteiger partial charge >= 0.3 is 0 Å². The average Bonchev–Trinajstić information content (AvgIpc) is 2.64. The van der Waals surface area contributed by atoms with Crippen LogP contribution in [0.2, 0.25) is 5.02 Å². The number of rotatable bonds is 2. The summed E-state index contributed by atoms with van der Waals surface area (Å²) in [4.78, 5) is 16.5. The number of hydrogen-bond donors (Lipinski definition) is 0. The Labute approximate surface area is 104 Å². The lowest BCUT2D eigenvalue weighted by atomic mass is 10.2. The molecular weight excluding hydrogens is 298 g/mol. The van der Waals surface area contributed by atoms with Crippen LogP contribution in [0.1, 0.15) is 15.4 Å². The van der Waals surface area contributed by atoms with Crippen molar-refractivity contribution in [1.82, 2.24) is 4.98 Å². The summed E-state index contributed by atoms with van der Waals surface area (Å²) in [6.45, 7) is 0. The third-order valence-corrected chi connectivity index (χ3v) is 3.78. The minimum atomic E-state index is -0.150. The number of aromatic nitrogens is 1. The molecule has 0 saturated heterocycles. The van der Waals surface area contributed by atoms with Crippen LogP contribution in [0.4, 0.5) is 0 Å². The minimum absolute atomic E-state index is 0.150. The smallest absolute Gasteiger partial charge is 0.223 e. The number of ketones is 1. The van der Waals surface area contributed by atoms with E-state index in [4.69, 9.17) is 11.6 Å². The summed E-state index contributed by atoms with van der Waals surface area (Å²) in [5, 5.41) is 2.26. The van der Waals surface area contributed by atoms with Crippen molar-refractivity contribution in [3.63, 3.8) is 0 Å². The van der Waals surface area contributed by atoms with Crippen LogP contribution in [0.15, 0.2) is 34.2 Å². The van der Waals surface area contributed by atoms with E-state index in [9.17, 15) is 4.79 Å². The summed E-state index contributed by atoms with van der Waals surface area (Å²) in [6, 6.07) is 5.24. The highest BCUT2D eigenvalue weighted by atomic mass is 79.9. The van der Waals surface area contributed by atoms with E-state index in [0.717, 1.165) is 0 Å². The van der Waals surface area contributed by atoms with Gasteiger partial charge < -0.3 is 0 Å². The second kappa shape index (κ2) is 4.43. The number of pyridine rings is 1. The third-order valence-electron chi connectivity index (χ3n) is 1.80. The van der Waals surface area contributed by atoms with Gasteiger partial charge in [0, 0.05) is 10.7 Å².